The zero-order chi connectivity index (χ0) is 13.0. The Balaban J connectivity index is 2.02. The first kappa shape index (κ1) is 12.9. The number of aryl methyl sites for hydroxylation is 1. The Hall–Kier alpha value is -1.55. The number of anilines is 1. The van der Waals surface area contributed by atoms with Gasteiger partial charge < -0.3 is 15.4 Å². The van der Waals surface area contributed by atoms with Crippen LogP contribution in [0.2, 0.25) is 0 Å². The van der Waals surface area contributed by atoms with Crippen LogP contribution < -0.4 is 15.4 Å². The molecule has 1 saturated heterocycles. The number of benzene rings is 1. The Labute approximate surface area is 108 Å². The molecule has 1 unspecified atom stereocenters. The van der Waals surface area contributed by atoms with Gasteiger partial charge in [-0.25, -0.2) is 0 Å². The molecule has 1 amide bonds. The highest BCUT2D eigenvalue weighted by atomic mass is 16.5. The van der Waals surface area contributed by atoms with Crippen LogP contribution in [0.3, 0.4) is 0 Å². The van der Waals surface area contributed by atoms with Gasteiger partial charge >= 0.3 is 0 Å². The van der Waals surface area contributed by atoms with Crippen LogP contribution in [0.1, 0.15) is 24.8 Å². The van der Waals surface area contributed by atoms with Gasteiger partial charge in [-0.3, -0.25) is 4.79 Å². The molecule has 1 heterocycles. The Morgan fingerprint density at radius 2 is 2.28 bits per heavy atom. The Morgan fingerprint density at radius 3 is 2.89 bits per heavy atom. The predicted octanol–water partition coefficient (Wildman–Crippen LogP) is 2.08. The van der Waals surface area contributed by atoms with Gasteiger partial charge in [-0.1, -0.05) is 6.42 Å². The summed E-state index contributed by atoms with van der Waals surface area (Å²) in [5.41, 5.74) is 1.87. The molecule has 4 heteroatoms. The van der Waals surface area contributed by atoms with Crippen LogP contribution in [0.15, 0.2) is 18.2 Å². The van der Waals surface area contributed by atoms with Gasteiger partial charge in [0.05, 0.1) is 13.2 Å². The van der Waals surface area contributed by atoms with Crippen LogP contribution in [-0.4, -0.2) is 25.6 Å². The van der Waals surface area contributed by atoms with Gasteiger partial charge in [0.2, 0.25) is 5.91 Å². The van der Waals surface area contributed by atoms with E-state index in [4.69, 9.17) is 4.74 Å². The first-order valence-electron chi connectivity index (χ1n) is 6.39. The van der Waals surface area contributed by atoms with Gasteiger partial charge in [0, 0.05) is 5.69 Å². The molecule has 98 valence electrons. The normalized spacial score (nSPS) is 19.3. The van der Waals surface area contributed by atoms with E-state index in [0.717, 1.165) is 42.8 Å². The highest BCUT2D eigenvalue weighted by molar-refractivity contribution is 5.95. The lowest BCUT2D eigenvalue weighted by Gasteiger charge is -2.23. The average Bonchev–Trinajstić information content (AvgIpc) is 2.42. The van der Waals surface area contributed by atoms with Crippen molar-refractivity contribution in [2.45, 2.75) is 32.2 Å². The van der Waals surface area contributed by atoms with E-state index in [1.54, 1.807) is 7.11 Å². The summed E-state index contributed by atoms with van der Waals surface area (Å²) in [6.45, 7) is 2.89. The SMILES string of the molecule is COc1ccc(NC(=O)C2CCCCN2)c(C)c1. The highest BCUT2D eigenvalue weighted by Gasteiger charge is 2.20. The second-order valence-electron chi connectivity index (χ2n) is 4.67. The van der Waals surface area contributed by atoms with E-state index >= 15 is 0 Å². The minimum absolute atomic E-state index is 0.0553. The second-order valence-corrected chi connectivity index (χ2v) is 4.67. The molecule has 2 N–H and O–H groups in total. The molecule has 18 heavy (non-hydrogen) atoms. The zero-order valence-electron chi connectivity index (χ0n) is 11.0. The van der Waals surface area contributed by atoms with Crippen molar-refractivity contribution < 1.29 is 9.53 Å². The van der Waals surface area contributed by atoms with Gasteiger partial charge in [-0.2, -0.15) is 0 Å². The maximum absolute atomic E-state index is 12.1. The van der Waals surface area contributed by atoms with Crippen molar-refractivity contribution in [3.8, 4) is 5.75 Å². The smallest absolute Gasteiger partial charge is 0.241 e. The quantitative estimate of drug-likeness (QED) is 0.861. The van der Waals surface area contributed by atoms with Crippen molar-refractivity contribution in [1.29, 1.82) is 0 Å². The number of amides is 1. The minimum Gasteiger partial charge on any atom is -0.497 e. The van der Waals surface area contributed by atoms with E-state index in [0.29, 0.717) is 0 Å². The topological polar surface area (TPSA) is 50.4 Å². The number of nitrogens with one attached hydrogen (secondary N) is 2. The van der Waals surface area contributed by atoms with Crippen LogP contribution in [0.5, 0.6) is 5.75 Å². The number of ether oxygens (including phenoxy) is 1. The molecule has 4 nitrogen and oxygen atoms in total. The fourth-order valence-electron chi connectivity index (χ4n) is 2.20. The van der Waals surface area contributed by atoms with Crippen molar-refractivity contribution >= 4 is 11.6 Å². The predicted molar refractivity (Wildman–Crippen MR) is 72.0 cm³/mol. The lowest BCUT2D eigenvalue weighted by Crippen LogP contribution is -2.43. The summed E-state index contributed by atoms with van der Waals surface area (Å²) >= 11 is 0. The fraction of sp³-hybridized carbons (Fsp3) is 0.500. The Kier molecular flexibility index (Phi) is 4.20. The standard InChI is InChI=1S/C14H20N2O2/c1-10-9-11(18-2)6-7-12(10)16-14(17)13-5-3-4-8-15-13/h6-7,9,13,15H,3-5,8H2,1-2H3,(H,16,17). The molecule has 1 fully saturated rings. The fourth-order valence-corrected chi connectivity index (χ4v) is 2.20. The van der Waals surface area contributed by atoms with Crippen LogP contribution in [0.25, 0.3) is 0 Å². The molecular weight excluding hydrogens is 228 g/mol. The number of carbonyl (C=O) groups is 1. The number of piperidine rings is 1. The zero-order valence-corrected chi connectivity index (χ0v) is 11.0. The molecule has 1 aromatic carbocycles. The second kappa shape index (κ2) is 5.87. The molecule has 1 aromatic rings. The lowest BCUT2D eigenvalue weighted by atomic mass is 10.0. The van der Waals surface area contributed by atoms with Crippen molar-refractivity contribution in [2.24, 2.45) is 0 Å². The molecule has 0 aromatic heterocycles. The number of hydrogen-bond donors (Lipinski definition) is 2. The van der Waals surface area contributed by atoms with Crippen LogP contribution in [-0.2, 0) is 4.79 Å². The molecule has 1 aliphatic rings. The van der Waals surface area contributed by atoms with E-state index in [9.17, 15) is 4.79 Å². The van der Waals surface area contributed by atoms with Crippen LogP contribution in [0, 0.1) is 6.92 Å². The monoisotopic (exact) mass is 248 g/mol. The Bertz CT molecular complexity index is 426. The third-order valence-electron chi connectivity index (χ3n) is 3.32. The number of rotatable bonds is 3. The van der Waals surface area contributed by atoms with Crippen molar-refractivity contribution in [1.82, 2.24) is 5.32 Å². The van der Waals surface area contributed by atoms with Gasteiger partial charge in [0.25, 0.3) is 0 Å². The molecular formula is C14H20N2O2. The summed E-state index contributed by atoms with van der Waals surface area (Å²) in [6, 6.07) is 5.61. The summed E-state index contributed by atoms with van der Waals surface area (Å²) < 4.78 is 5.15. The maximum atomic E-state index is 12.1. The average molecular weight is 248 g/mol. The first-order chi connectivity index (χ1) is 8.70. The highest BCUT2D eigenvalue weighted by Crippen LogP contribution is 2.21. The Morgan fingerprint density at radius 1 is 1.44 bits per heavy atom. The summed E-state index contributed by atoms with van der Waals surface area (Å²) in [5.74, 6) is 0.865. The number of carbonyl (C=O) groups excluding carboxylic acids is 1. The van der Waals surface area contributed by atoms with Gasteiger partial charge in [0.1, 0.15) is 5.75 Å². The molecule has 0 radical (unpaired) electrons. The number of methoxy groups -OCH3 is 1. The summed E-state index contributed by atoms with van der Waals surface area (Å²) in [5, 5.41) is 6.22. The maximum Gasteiger partial charge on any atom is 0.241 e. The van der Waals surface area contributed by atoms with E-state index in [1.807, 2.05) is 25.1 Å². The van der Waals surface area contributed by atoms with Gasteiger partial charge in [-0.15, -0.1) is 0 Å². The van der Waals surface area contributed by atoms with Crippen LogP contribution >= 0.6 is 0 Å². The van der Waals surface area contributed by atoms with E-state index < -0.39 is 0 Å². The van der Waals surface area contributed by atoms with Crippen molar-refractivity contribution in [3.05, 3.63) is 23.8 Å². The largest absolute Gasteiger partial charge is 0.497 e. The summed E-state index contributed by atoms with van der Waals surface area (Å²) in [6.07, 6.45) is 3.19. The first-order valence-corrected chi connectivity index (χ1v) is 6.39. The minimum atomic E-state index is -0.0553. The molecule has 0 saturated carbocycles. The summed E-state index contributed by atoms with van der Waals surface area (Å²) in [4.78, 5) is 12.1. The molecule has 1 aliphatic heterocycles. The lowest BCUT2D eigenvalue weighted by molar-refractivity contribution is -0.118. The van der Waals surface area contributed by atoms with E-state index in [2.05, 4.69) is 10.6 Å². The number of hydrogen-bond acceptors (Lipinski definition) is 3. The third-order valence-corrected chi connectivity index (χ3v) is 3.32. The molecule has 0 bridgehead atoms. The van der Waals surface area contributed by atoms with E-state index in [-0.39, 0.29) is 11.9 Å². The van der Waals surface area contributed by atoms with Crippen molar-refractivity contribution in [2.75, 3.05) is 19.0 Å². The molecule has 1 atom stereocenters. The van der Waals surface area contributed by atoms with Crippen LogP contribution in [0.4, 0.5) is 5.69 Å². The molecule has 0 aliphatic carbocycles. The molecule has 0 spiro atoms. The van der Waals surface area contributed by atoms with Gasteiger partial charge in [0.15, 0.2) is 0 Å². The molecule has 2 rings (SSSR count). The van der Waals surface area contributed by atoms with Gasteiger partial charge in [-0.05, 0) is 50.1 Å². The third kappa shape index (κ3) is 3.01. The summed E-state index contributed by atoms with van der Waals surface area (Å²) in [7, 11) is 1.64. The van der Waals surface area contributed by atoms with E-state index in [1.165, 1.54) is 0 Å². The van der Waals surface area contributed by atoms with Crippen molar-refractivity contribution in [3.63, 3.8) is 0 Å².